The third-order valence-electron chi connectivity index (χ3n) is 4.11. The molecule has 1 fully saturated rings. The molecule has 0 aliphatic heterocycles. The van der Waals surface area contributed by atoms with E-state index in [1.54, 1.807) is 14.2 Å². The topological polar surface area (TPSA) is 64.7 Å². The second kappa shape index (κ2) is 6.78. The van der Waals surface area contributed by atoms with Gasteiger partial charge in [0.1, 0.15) is 11.5 Å². The van der Waals surface area contributed by atoms with Gasteiger partial charge in [-0.25, -0.2) is 0 Å². The number of aliphatic hydroxyl groups is 1. The minimum Gasteiger partial charge on any atom is -0.496 e. The Balaban J connectivity index is 2.29. The van der Waals surface area contributed by atoms with Gasteiger partial charge in [0.05, 0.1) is 30.8 Å². The van der Waals surface area contributed by atoms with Crippen LogP contribution >= 0.6 is 15.9 Å². The van der Waals surface area contributed by atoms with Crippen molar-refractivity contribution in [2.75, 3.05) is 14.2 Å². The van der Waals surface area contributed by atoms with Gasteiger partial charge in [-0.15, -0.1) is 0 Å². The SMILES string of the molecule is COc1cc([C@H](N)[C@H](O)C2CCCC2)c(OC)cc1Br. The summed E-state index contributed by atoms with van der Waals surface area (Å²) in [6, 6.07) is 3.20. The van der Waals surface area contributed by atoms with E-state index in [1.807, 2.05) is 12.1 Å². The fourth-order valence-corrected chi connectivity index (χ4v) is 3.40. The second-order valence-electron chi connectivity index (χ2n) is 5.29. The van der Waals surface area contributed by atoms with Crippen LogP contribution in [0.4, 0.5) is 0 Å². The molecular formula is C15H22BrNO3. The van der Waals surface area contributed by atoms with Gasteiger partial charge in [-0.3, -0.25) is 0 Å². The molecule has 0 amide bonds. The van der Waals surface area contributed by atoms with Gasteiger partial charge in [-0.1, -0.05) is 12.8 Å². The van der Waals surface area contributed by atoms with E-state index < -0.39 is 12.1 Å². The molecule has 1 aromatic rings. The van der Waals surface area contributed by atoms with Crippen molar-refractivity contribution in [3.63, 3.8) is 0 Å². The van der Waals surface area contributed by atoms with Crippen molar-refractivity contribution in [3.8, 4) is 11.5 Å². The normalized spacial score (nSPS) is 18.9. The third-order valence-corrected chi connectivity index (χ3v) is 4.73. The number of hydrogen-bond donors (Lipinski definition) is 2. The zero-order chi connectivity index (χ0) is 14.7. The summed E-state index contributed by atoms with van der Waals surface area (Å²) in [6.07, 6.45) is 3.90. The number of nitrogens with two attached hydrogens (primary N) is 1. The highest BCUT2D eigenvalue weighted by molar-refractivity contribution is 9.10. The maximum Gasteiger partial charge on any atom is 0.133 e. The Morgan fingerprint density at radius 1 is 1.20 bits per heavy atom. The second-order valence-corrected chi connectivity index (χ2v) is 6.14. The van der Waals surface area contributed by atoms with Crippen LogP contribution in [0, 0.1) is 5.92 Å². The van der Waals surface area contributed by atoms with Gasteiger partial charge in [0.2, 0.25) is 0 Å². The minimum atomic E-state index is -0.544. The number of ether oxygens (including phenoxy) is 2. The average molecular weight is 344 g/mol. The smallest absolute Gasteiger partial charge is 0.133 e. The standard InChI is InChI=1S/C15H22BrNO3/c1-19-12-8-11(16)13(20-2)7-10(12)14(17)15(18)9-5-3-4-6-9/h7-9,14-15,18H,3-6,17H2,1-2H3/t14-,15+/m0/s1. The van der Waals surface area contributed by atoms with Crippen molar-refractivity contribution in [2.24, 2.45) is 11.7 Å². The lowest BCUT2D eigenvalue weighted by Gasteiger charge is -2.26. The molecule has 5 heteroatoms. The lowest BCUT2D eigenvalue weighted by atomic mass is 9.90. The molecule has 1 aromatic carbocycles. The van der Waals surface area contributed by atoms with E-state index in [1.165, 1.54) is 12.8 Å². The summed E-state index contributed by atoms with van der Waals surface area (Å²) in [5.41, 5.74) is 7.05. The van der Waals surface area contributed by atoms with Crippen molar-refractivity contribution in [1.82, 2.24) is 0 Å². The molecule has 0 unspecified atom stereocenters. The van der Waals surface area contributed by atoms with Gasteiger partial charge in [0.25, 0.3) is 0 Å². The summed E-state index contributed by atoms with van der Waals surface area (Å²) >= 11 is 3.43. The first-order valence-electron chi connectivity index (χ1n) is 6.93. The fourth-order valence-electron chi connectivity index (χ4n) is 2.92. The Morgan fingerprint density at radius 2 is 1.80 bits per heavy atom. The maximum absolute atomic E-state index is 10.5. The molecular weight excluding hydrogens is 322 g/mol. The van der Waals surface area contributed by atoms with E-state index in [9.17, 15) is 5.11 Å². The van der Waals surface area contributed by atoms with Crippen LogP contribution in [0.15, 0.2) is 16.6 Å². The molecule has 0 heterocycles. The first kappa shape index (κ1) is 15.6. The van der Waals surface area contributed by atoms with Crippen LogP contribution in [-0.2, 0) is 0 Å². The van der Waals surface area contributed by atoms with Crippen molar-refractivity contribution in [2.45, 2.75) is 37.8 Å². The molecule has 0 radical (unpaired) electrons. The Bertz CT molecular complexity index is 461. The van der Waals surface area contributed by atoms with Crippen molar-refractivity contribution in [1.29, 1.82) is 0 Å². The molecule has 2 rings (SSSR count). The predicted octanol–water partition coefficient (Wildman–Crippen LogP) is 3.02. The van der Waals surface area contributed by atoms with E-state index >= 15 is 0 Å². The molecule has 112 valence electrons. The Kier molecular flexibility index (Phi) is 5.29. The predicted molar refractivity (Wildman–Crippen MR) is 82.1 cm³/mol. The zero-order valence-corrected chi connectivity index (χ0v) is 13.5. The lowest BCUT2D eigenvalue weighted by Crippen LogP contribution is -2.32. The van der Waals surface area contributed by atoms with Gasteiger partial charge in [-0.05, 0) is 46.8 Å². The molecule has 1 aliphatic rings. The van der Waals surface area contributed by atoms with Gasteiger partial charge < -0.3 is 20.3 Å². The summed E-state index contributed by atoms with van der Waals surface area (Å²) in [6.45, 7) is 0. The molecule has 1 aliphatic carbocycles. The maximum atomic E-state index is 10.5. The first-order valence-corrected chi connectivity index (χ1v) is 7.72. The Labute approximate surface area is 128 Å². The van der Waals surface area contributed by atoms with Crippen LogP contribution in [0.1, 0.15) is 37.3 Å². The first-order chi connectivity index (χ1) is 9.58. The molecule has 4 nitrogen and oxygen atoms in total. The van der Waals surface area contributed by atoms with E-state index in [2.05, 4.69) is 15.9 Å². The fraction of sp³-hybridized carbons (Fsp3) is 0.600. The van der Waals surface area contributed by atoms with Gasteiger partial charge in [-0.2, -0.15) is 0 Å². The lowest BCUT2D eigenvalue weighted by molar-refractivity contribution is 0.0835. The van der Waals surface area contributed by atoms with E-state index in [0.717, 1.165) is 22.9 Å². The molecule has 0 aromatic heterocycles. The number of aliphatic hydroxyl groups excluding tert-OH is 1. The van der Waals surface area contributed by atoms with Crippen molar-refractivity contribution < 1.29 is 14.6 Å². The quantitative estimate of drug-likeness (QED) is 0.862. The molecule has 2 atom stereocenters. The van der Waals surface area contributed by atoms with Crippen LogP contribution in [0.25, 0.3) is 0 Å². The highest BCUT2D eigenvalue weighted by Gasteiger charge is 2.30. The van der Waals surface area contributed by atoms with Gasteiger partial charge in [0, 0.05) is 5.56 Å². The number of rotatable bonds is 5. The summed E-state index contributed by atoms with van der Waals surface area (Å²) in [7, 11) is 3.21. The van der Waals surface area contributed by atoms with E-state index in [-0.39, 0.29) is 5.92 Å². The monoisotopic (exact) mass is 343 g/mol. The average Bonchev–Trinajstić information content (AvgIpc) is 2.99. The highest BCUT2D eigenvalue weighted by atomic mass is 79.9. The van der Waals surface area contributed by atoms with E-state index in [4.69, 9.17) is 15.2 Å². The van der Waals surface area contributed by atoms with Gasteiger partial charge >= 0.3 is 0 Å². The summed E-state index contributed by atoms with van der Waals surface area (Å²) in [5, 5.41) is 10.5. The molecule has 0 bridgehead atoms. The third kappa shape index (κ3) is 3.10. The van der Waals surface area contributed by atoms with E-state index in [0.29, 0.717) is 11.5 Å². The van der Waals surface area contributed by atoms with Crippen molar-refractivity contribution in [3.05, 3.63) is 22.2 Å². The molecule has 1 saturated carbocycles. The highest BCUT2D eigenvalue weighted by Crippen LogP contribution is 2.39. The summed E-state index contributed by atoms with van der Waals surface area (Å²) < 4.78 is 11.5. The number of methoxy groups -OCH3 is 2. The molecule has 0 saturated heterocycles. The van der Waals surface area contributed by atoms with Crippen LogP contribution in [0.5, 0.6) is 11.5 Å². The van der Waals surface area contributed by atoms with Crippen LogP contribution < -0.4 is 15.2 Å². The van der Waals surface area contributed by atoms with Crippen LogP contribution in [0.3, 0.4) is 0 Å². The Hall–Kier alpha value is -0.780. The van der Waals surface area contributed by atoms with Crippen molar-refractivity contribution >= 4 is 15.9 Å². The van der Waals surface area contributed by atoms with Crippen LogP contribution in [0.2, 0.25) is 0 Å². The number of benzene rings is 1. The van der Waals surface area contributed by atoms with Gasteiger partial charge in [0.15, 0.2) is 0 Å². The molecule has 20 heavy (non-hydrogen) atoms. The summed E-state index contributed by atoms with van der Waals surface area (Å²) in [4.78, 5) is 0. The Morgan fingerprint density at radius 3 is 2.35 bits per heavy atom. The number of halogens is 1. The number of hydrogen-bond acceptors (Lipinski definition) is 4. The molecule has 0 spiro atoms. The molecule has 3 N–H and O–H groups in total. The van der Waals surface area contributed by atoms with Crippen LogP contribution in [-0.4, -0.2) is 25.4 Å². The minimum absolute atomic E-state index is 0.282. The largest absolute Gasteiger partial charge is 0.496 e. The summed E-state index contributed by atoms with van der Waals surface area (Å²) in [5.74, 6) is 1.64. The zero-order valence-electron chi connectivity index (χ0n) is 11.9.